The van der Waals surface area contributed by atoms with Crippen LogP contribution < -0.4 is 0 Å². The lowest BCUT2D eigenvalue weighted by molar-refractivity contribution is 1.17. The van der Waals surface area contributed by atoms with Crippen LogP contribution in [0, 0.1) is 0 Å². The summed E-state index contributed by atoms with van der Waals surface area (Å²) in [5, 5.41) is 7.58. The maximum absolute atomic E-state index is 4.51. The van der Waals surface area contributed by atoms with Gasteiger partial charge in [0.15, 0.2) is 0 Å². The Balaban J connectivity index is 1.14. The summed E-state index contributed by atoms with van der Waals surface area (Å²) in [5.41, 5.74) is 12.0. The first-order valence-corrected chi connectivity index (χ1v) is 18.1. The van der Waals surface area contributed by atoms with Crippen LogP contribution in [0.5, 0.6) is 0 Å². The largest absolute Gasteiger partial charge is 0.309 e. The van der Waals surface area contributed by atoms with Crippen LogP contribution in [0.15, 0.2) is 176 Å². The normalized spacial score (nSPS) is 11.9. The van der Waals surface area contributed by atoms with Crippen molar-refractivity contribution in [1.82, 2.24) is 14.1 Å². The molecule has 0 unspecified atom stereocenters. The van der Waals surface area contributed by atoms with E-state index in [2.05, 4.69) is 178 Å². The van der Waals surface area contributed by atoms with E-state index in [4.69, 9.17) is 0 Å². The number of pyridine rings is 1. The fourth-order valence-corrected chi connectivity index (χ4v) is 9.45. The summed E-state index contributed by atoms with van der Waals surface area (Å²) >= 11 is 1.89. The number of thiophene rings is 1. The lowest BCUT2D eigenvalue weighted by Gasteiger charge is -2.12. The zero-order valence-corrected chi connectivity index (χ0v) is 28.3. The minimum atomic E-state index is 1.11. The van der Waals surface area contributed by atoms with E-state index in [1.54, 1.807) is 0 Å². The molecule has 4 aromatic heterocycles. The van der Waals surface area contributed by atoms with Crippen LogP contribution in [0.3, 0.4) is 0 Å². The highest BCUT2D eigenvalue weighted by atomic mass is 32.1. The minimum absolute atomic E-state index is 1.11. The Labute approximate surface area is 297 Å². The van der Waals surface area contributed by atoms with Gasteiger partial charge in [-0.15, -0.1) is 11.3 Å². The molecular formula is C47H29N3S. The Morgan fingerprint density at radius 1 is 0.412 bits per heavy atom. The number of nitrogens with zero attached hydrogens (tertiary/aromatic N) is 3. The van der Waals surface area contributed by atoms with Gasteiger partial charge < -0.3 is 9.13 Å². The van der Waals surface area contributed by atoms with Gasteiger partial charge in [-0.3, -0.25) is 4.98 Å². The van der Waals surface area contributed by atoms with Crippen LogP contribution in [-0.4, -0.2) is 14.1 Å². The number of rotatable bonds is 4. The van der Waals surface area contributed by atoms with E-state index in [1.807, 2.05) is 23.7 Å². The molecule has 0 saturated carbocycles. The quantitative estimate of drug-likeness (QED) is 0.183. The second-order valence-corrected chi connectivity index (χ2v) is 14.2. The molecule has 238 valence electrons. The zero-order valence-electron chi connectivity index (χ0n) is 27.5. The molecule has 0 radical (unpaired) electrons. The Hall–Kier alpha value is -6.49. The zero-order chi connectivity index (χ0) is 33.5. The van der Waals surface area contributed by atoms with Crippen molar-refractivity contribution in [3.05, 3.63) is 176 Å². The van der Waals surface area contributed by atoms with Crippen LogP contribution in [0.25, 0.3) is 97.4 Å². The molecule has 0 N–H and O–H groups in total. The van der Waals surface area contributed by atoms with Gasteiger partial charge in [-0.25, -0.2) is 0 Å². The monoisotopic (exact) mass is 667 g/mol. The average molecular weight is 668 g/mol. The third-order valence-corrected chi connectivity index (χ3v) is 11.6. The Kier molecular flexibility index (Phi) is 6.12. The van der Waals surface area contributed by atoms with Crippen LogP contribution in [-0.2, 0) is 0 Å². The molecule has 3 nitrogen and oxygen atoms in total. The van der Waals surface area contributed by atoms with Crippen LogP contribution in [0.4, 0.5) is 0 Å². The van der Waals surface area contributed by atoms with Gasteiger partial charge in [0, 0.05) is 59.3 Å². The van der Waals surface area contributed by atoms with Crippen molar-refractivity contribution in [3.63, 3.8) is 0 Å². The maximum Gasteiger partial charge on any atom is 0.0724 e. The Morgan fingerprint density at radius 3 is 1.69 bits per heavy atom. The molecule has 4 heterocycles. The molecule has 0 saturated heterocycles. The van der Waals surface area contributed by atoms with E-state index in [0.717, 1.165) is 11.2 Å². The van der Waals surface area contributed by atoms with Crippen molar-refractivity contribution in [1.29, 1.82) is 0 Å². The van der Waals surface area contributed by atoms with Crippen LogP contribution in [0.2, 0.25) is 0 Å². The lowest BCUT2D eigenvalue weighted by Crippen LogP contribution is -1.93. The number of fused-ring (bicyclic) bond motifs is 9. The predicted octanol–water partition coefficient (Wildman–Crippen LogP) is 13.0. The highest BCUT2D eigenvalue weighted by Crippen LogP contribution is 2.46. The fraction of sp³-hybridized carbons (Fsp3) is 0. The molecule has 0 aliphatic carbocycles. The molecule has 51 heavy (non-hydrogen) atoms. The van der Waals surface area contributed by atoms with E-state index in [-0.39, 0.29) is 0 Å². The second-order valence-electron chi connectivity index (χ2n) is 13.2. The van der Waals surface area contributed by atoms with Gasteiger partial charge >= 0.3 is 0 Å². The van der Waals surface area contributed by atoms with Crippen LogP contribution >= 0.6 is 11.3 Å². The van der Waals surface area contributed by atoms with Crippen molar-refractivity contribution >= 4 is 75.1 Å². The molecule has 0 fully saturated rings. The van der Waals surface area contributed by atoms with Crippen LogP contribution in [0.1, 0.15) is 0 Å². The minimum Gasteiger partial charge on any atom is -0.309 e. The number of benzene rings is 7. The van der Waals surface area contributed by atoms with Gasteiger partial charge in [-0.05, 0) is 89.0 Å². The smallest absolute Gasteiger partial charge is 0.0724 e. The van der Waals surface area contributed by atoms with Crippen molar-refractivity contribution in [2.24, 2.45) is 0 Å². The summed E-state index contributed by atoms with van der Waals surface area (Å²) in [6.07, 6.45) is 3.88. The van der Waals surface area contributed by atoms with Gasteiger partial charge in [0.2, 0.25) is 0 Å². The molecule has 11 rings (SSSR count). The number of para-hydroxylation sites is 3. The number of hydrogen-bond donors (Lipinski definition) is 0. The van der Waals surface area contributed by atoms with E-state index in [0.29, 0.717) is 0 Å². The van der Waals surface area contributed by atoms with Crippen molar-refractivity contribution in [3.8, 4) is 33.6 Å². The first-order chi connectivity index (χ1) is 25.3. The predicted molar refractivity (Wildman–Crippen MR) is 217 cm³/mol. The van der Waals surface area contributed by atoms with Crippen molar-refractivity contribution in [2.75, 3.05) is 0 Å². The average Bonchev–Trinajstić information content (AvgIpc) is 3.86. The summed E-state index contributed by atoms with van der Waals surface area (Å²) in [5.74, 6) is 0. The maximum atomic E-state index is 4.51. The summed E-state index contributed by atoms with van der Waals surface area (Å²) in [6, 6.07) is 59.6. The molecular weight excluding hydrogens is 639 g/mol. The topological polar surface area (TPSA) is 22.8 Å². The number of hydrogen-bond acceptors (Lipinski definition) is 2. The van der Waals surface area contributed by atoms with E-state index < -0.39 is 0 Å². The fourth-order valence-electron chi connectivity index (χ4n) is 8.18. The highest BCUT2D eigenvalue weighted by molar-refractivity contribution is 7.26. The van der Waals surface area contributed by atoms with Gasteiger partial charge in [-0.2, -0.15) is 0 Å². The molecule has 0 aliphatic rings. The van der Waals surface area contributed by atoms with Crippen molar-refractivity contribution in [2.45, 2.75) is 0 Å². The summed E-state index contributed by atoms with van der Waals surface area (Å²) in [7, 11) is 0. The SMILES string of the molecule is c1ccc(-n2c3ccccc3c3cc(-c4ccc(-c5ccc6c(c5)c5ccncc5n6-c5ccccc5)c5sc6ccccc6c45)ccc32)cc1. The van der Waals surface area contributed by atoms with Crippen molar-refractivity contribution < 1.29 is 0 Å². The first-order valence-electron chi connectivity index (χ1n) is 17.3. The summed E-state index contributed by atoms with van der Waals surface area (Å²) in [6.45, 7) is 0. The lowest BCUT2D eigenvalue weighted by atomic mass is 9.93. The standard InChI is InChI=1S/C47H29N3S/c1-3-11-32(12-4-1)49-41-17-9-7-15-36(41)39-27-30(19-23-42(39)49)34-21-22-35(47-46(34)38-16-8-10-18-45(38)51-47)31-20-24-43-40(28-31)37-25-26-48-29-44(37)50(43)33-13-5-2-6-14-33/h1-29H. The molecule has 0 bridgehead atoms. The second kappa shape index (κ2) is 11.0. The molecule has 11 aromatic rings. The van der Waals surface area contributed by atoms with Gasteiger partial charge in [0.1, 0.15) is 0 Å². The Bertz CT molecular complexity index is 3130. The molecule has 0 atom stereocenters. The third-order valence-electron chi connectivity index (χ3n) is 10.4. The highest BCUT2D eigenvalue weighted by Gasteiger charge is 2.19. The molecule has 0 amide bonds. The van der Waals surface area contributed by atoms with E-state index >= 15 is 0 Å². The first kappa shape index (κ1) is 28.4. The van der Waals surface area contributed by atoms with E-state index in [9.17, 15) is 0 Å². The molecule has 4 heteroatoms. The molecule has 0 aliphatic heterocycles. The van der Waals surface area contributed by atoms with Gasteiger partial charge in [0.25, 0.3) is 0 Å². The molecule has 0 spiro atoms. The Morgan fingerprint density at radius 2 is 0.961 bits per heavy atom. The summed E-state index contributed by atoms with van der Waals surface area (Å²) < 4.78 is 7.32. The summed E-state index contributed by atoms with van der Waals surface area (Å²) in [4.78, 5) is 4.51. The van der Waals surface area contributed by atoms with E-state index in [1.165, 1.54) is 86.2 Å². The third kappa shape index (κ3) is 4.21. The van der Waals surface area contributed by atoms with Gasteiger partial charge in [0.05, 0.1) is 28.3 Å². The molecule has 7 aromatic carbocycles. The number of aromatic nitrogens is 3. The van der Waals surface area contributed by atoms with Gasteiger partial charge in [-0.1, -0.05) is 97.1 Å².